The summed E-state index contributed by atoms with van der Waals surface area (Å²) < 4.78 is 27.6. The van der Waals surface area contributed by atoms with E-state index in [1.54, 1.807) is 13.0 Å². The average Bonchev–Trinajstić information content (AvgIpc) is 2.54. The third-order valence-electron chi connectivity index (χ3n) is 3.79. The fourth-order valence-electron chi connectivity index (χ4n) is 2.56. The molecule has 2 aromatic carbocycles. The molecule has 3 rings (SSSR count). The molecule has 0 atom stereocenters. The molecule has 0 spiro atoms. The molecule has 0 amide bonds. The predicted octanol–water partition coefficient (Wildman–Crippen LogP) is 5.17. The van der Waals surface area contributed by atoms with E-state index in [2.05, 4.69) is 20.6 Å². The van der Waals surface area contributed by atoms with E-state index >= 15 is 0 Å². The van der Waals surface area contributed by atoms with Gasteiger partial charge in [0.1, 0.15) is 23.1 Å². The highest BCUT2D eigenvalue weighted by Crippen LogP contribution is 2.26. The van der Waals surface area contributed by atoms with Gasteiger partial charge in [-0.3, -0.25) is 0 Å². The van der Waals surface area contributed by atoms with Crippen LogP contribution in [0.15, 0.2) is 42.5 Å². The number of anilines is 4. The van der Waals surface area contributed by atoms with E-state index in [-0.39, 0.29) is 11.6 Å². The summed E-state index contributed by atoms with van der Waals surface area (Å²) in [6.07, 6.45) is 0. The molecule has 25 heavy (non-hydrogen) atoms. The number of benzene rings is 2. The molecule has 0 aliphatic rings. The van der Waals surface area contributed by atoms with Gasteiger partial charge in [0.05, 0.1) is 0 Å². The molecule has 0 aliphatic carbocycles. The molecule has 1 heterocycles. The summed E-state index contributed by atoms with van der Waals surface area (Å²) in [6, 6.07) is 11.4. The van der Waals surface area contributed by atoms with E-state index in [9.17, 15) is 8.78 Å². The molecule has 0 saturated heterocycles. The summed E-state index contributed by atoms with van der Waals surface area (Å²) in [5, 5.41) is 5.88. The van der Waals surface area contributed by atoms with E-state index in [1.807, 2.05) is 32.0 Å². The lowest BCUT2D eigenvalue weighted by molar-refractivity contribution is 0.590. The van der Waals surface area contributed by atoms with Crippen molar-refractivity contribution in [1.29, 1.82) is 0 Å². The summed E-state index contributed by atoms with van der Waals surface area (Å²) in [5.41, 5.74) is 3.49. The van der Waals surface area contributed by atoms with E-state index in [1.165, 1.54) is 18.2 Å². The second-order valence-corrected chi connectivity index (χ2v) is 5.83. The molecule has 0 unspecified atom stereocenters. The lowest BCUT2D eigenvalue weighted by Crippen LogP contribution is -2.05. The van der Waals surface area contributed by atoms with Crippen molar-refractivity contribution < 1.29 is 8.78 Å². The molecular weight excluding hydrogens is 322 g/mol. The Balaban J connectivity index is 1.93. The van der Waals surface area contributed by atoms with Gasteiger partial charge in [-0.05, 0) is 44.0 Å². The van der Waals surface area contributed by atoms with E-state index in [0.29, 0.717) is 11.5 Å². The third kappa shape index (κ3) is 3.74. The van der Waals surface area contributed by atoms with Crippen LogP contribution in [0.25, 0.3) is 0 Å². The zero-order valence-corrected chi connectivity index (χ0v) is 14.2. The first-order valence-corrected chi connectivity index (χ1v) is 7.84. The molecule has 0 fully saturated rings. The topological polar surface area (TPSA) is 49.8 Å². The zero-order chi connectivity index (χ0) is 18.0. The number of halogens is 2. The smallest absolute Gasteiger partial charge is 0.229 e. The number of hydrogen-bond acceptors (Lipinski definition) is 4. The highest BCUT2D eigenvalue weighted by Gasteiger charge is 2.12. The SMILES string of the molecule is Cc1cc(Nc2c(C)cccc2C)nc(Nc2c(F)cccc2F)n1. The lowest BCUT2D eigenvalue weighted by atomic mass is 10.1. The second kappa shape index (κ2) is 6.84. The summed E-state index contributed by atoms with van der Waals surface area (Å²) in [5.74, 6) is -0.731. The Kier molecular flexibility index (Phi) is 4.61. The molecule has 0 radical (unpaired) electrons. The minimum Gasteiger partial charge on any atom is -0.340 e. The Morgan fingerprint density at radius 1 is 0.760 bits per heavy atom. The molecule has 0 saturated carbocycles. The predicted molar refractivity (Wildman–Crippen MR) is 95.6 cm³/mol. The van der Waals surface area contributed by atoms with Gasteiger partial charge >= 0.3 is 0 Å². The Bertz CT molecular complexity index is 813. The number of aryl methyl sites for hydroxylation is 3. The normalized spacial score (nSPS) is 10.6. The molecule has 4 nitrogen and oxygen atoms in total. The van der Waals surface area contributed by atoms with Gasteiger partial charge in [0, 0.05) is 17.4 Å². The van der Waals surface area contributed by atoms with Gasteiger partial charge in [0.25, 0.3) is 0 Å². The fraction of sp³-hybridized carbons (Fsp3) is 0.158. The quantitative estimate of drug-likeness (QED) is 0.688. The first-order chi connectivity index (χ1) is 11.9. The summed E-state index contributed by atoms with van der Waals surface area (Å²) in [7, 11) is 0. The molecule has 0 aliphatic heterocycles. The van der Waals surface area contributed by atoms with Crippen molar-refractivity contribution >= 4 is 23.1 Å². The van der Waals surface area contributed by atoms with Gasteiger partial charge in [-0.25, -0.2) is 13.8 Å². The molecular formula is C19H18F2N4. The van der Waals surface area contributed by atoms with Crippen LogP contribution in [0.5, 0.6) is 0 Å². The maximum atomic E-state index is 13.8. The second-order valence-electron chi connectivity index (χ2n) is 5.83. The van der Waals surface area contributed by atoms with E-state index < -0.39 is 11.6 Å². The van der Waals surface area contributed by atoms with Crippen molar-refractivity contribution in [3.05, 3.63) is 70.9 Å². The van der Waals surface area contributed by atoms with Crippen LogP contribution in [-0.2, 0) is 0 Å². The number of aromatic nitrogens is 2. The van der Waals surface area contributed by atoms with Crippen LogP contribution in [0.3, 0.4) is 0 Å². The van der Waals surface area contributed by atoms with Gasteiger partial charge < -0.3 is 10.6 Å². The minimum atomic E-state index is -0.700. The number of nitrogens with zero attached hydrogens (tertiary/aromatic N) is 2. The minimum absolute atomic E-state index is 0.123. The van der Waals surface area contributed by atoms with Crippen LogP contribution in [0, 0.1) is 32.4 Å². The standard InChI is InChI=1S/C19H18F2N4/c1-11-6-4-7-12(2)17(11)23-16-10-13(3)22-19(24-16)25-18-14(20)8-5-9-15(18)21/h4-10H,1-3H3,(H2,22,23,24,25). The van der Waals surface area contributed by atoms with Gasteiger partial charge in [-0.2, -0.15) is 4.98 Å². The van der Waals surface area contributed by atoms with Gasteiger partial charge in [0.2, 0.25) is 5.95 Å². The van der Waals surface area contributed by atoms with Gasteiger partial charge in [-0.15, -0.1) is 0 Å². The fourth-order valence-corrected chi connectivity index (χ4v) is 2.56. The van der Waals surface area contributed by atoms with E-state index in [0.717, 1.165) is 16.8 Å². The zero-order valence-electron chi connectivity index (χ0n) is 14.2. The molecule has 128 valence electrons. The van der Waals surface area contributed by atoms with E-state index in [4.69, 9.17) is 0 Å². The maximum Gasteiger partial charge on any atom is 0.229 e. The maximum absolute atomic E-state index is 13.8. The Morgan fingerprint density at radius 3 is 2.00 bits per heavy atom. The van der Waals surface area contributed by atoms with Crippen LogP contribution in [0.1, 0.15) is 16.8 Å². The highest BCUT2D eigenvalue weighted by atomic mass is 19.1. The number of nitrogens with one attached hydrogen (secondary N) is 2. The van der Waals surface area contributed by atoms with Gasteiger partial charge in [-0.1, -0.05) is 24.3 Å². The Morgan fingerprint density at radius 2 is 1.36 bits per heavy atom. The first kappa shape index (κ1) is 16.8. The summed E-state index contributed by atoms with van der Waals surface area (Å²) in [6.45, 7) is 5.79. The molecule has 2 N–H and O–H groups in total. The van der Waals surface area contributed by atoms with Gasteiger partial charge in [0.15, 0.2) is 0 Å². The van der Waals surface area contributed by atoms with Crippen LogP contribution in [-0.4, -0.2) is 9.97 Å². The highest BCUT2D eigenvalue weighted by molar-refractivity contribution is 5.66. The van der Waals surface area contributed by atoms with Crippen LogP contribution in [0.4, 0.5) is 31.9 Å². The van der Waals surface area contributed by atoms with Crippen molar-refractivity contribution in [3.63, 3.8) is 0 Å². The molecule has 3 aromatic rings. The largest absolute Gasteiger partial charge is 0.340 e. The monoisotopic (exact) mass is 340 g/mol. The van der Waals surface area contributed by atoms with Crippen molar-refractivity contribution in [2.75, 3.05) is 10.6 Å². The summed E-state index contributed by atoms with van der Waals surface area (Å²) in [4.78, 5) is 8.52. The van der Waals surface area contributed by atoms with Crippen molar-refractivity contribution in [3.8, 4) is 0 Å². The molecule has 0 bridgehead atoms. The van der Waals surface area contributed by atoms with Crippen molar-refractivity contribution in [2.24, 2.45) is 0 Å². The average molecular weight is 340 g/mol. The molecule has 1 aromatic heterocycles. The Labute approximate surface area is 145 Å². The van der Waals surface area contributed by atoms with Crippen molar-refractivity contribution in [2.45, 2.75) is 20.8 Å². The number of hydrogen-bond donors (Lipinski definition) is 2. The van der Waals surface area contributed by atoms with Crippen molar-refractivity contribution in [1.82, 2.24) is 9.97 Å². The number of rotatable bonds is 4. The first-order valence-electron chi connectivity index (χ1n) is 7.84. The van der Waals surface area contributed by atoms with Crippen LogP contribution < -0.4 is 10.6 Å². The molecule has 6 heteroatoms. The number of para-hydroxylation sites is 2. The Hall–Kier alpha value is -3.02. The lowest BCUT2D eigenvalue weighted by Gasteiger charge is -2.14. The van der Waals surface area contributed by atoms with Crippen LogP contribution >= 0.6 is 0 Å². The summed E-state index contributed by atoms with van der Waals surface area (Å²) >= 11 is 0. The third-order valence-corrected chi connectivity index (χ3v) is 3.79. The van der Waals surface area contributed by atoms with Crippen LogP contribution in [0.2, 0.25) is 0 Å².